The summed E-state index contributed by atoms with van der Waals surface area (Å²) in [6, 6.07) is 7.02. The maximum Gasteiger partial charge on any atom is 0.349 e. The molecule has 29 heavy (non-hydrogen) atoms. The van der Waals surface area contributed by atoms with E-state index in [1.165, 1.54) is 11.8 Å². The molecule has 0 aliphatic rings. The van der Waals surface area contributed by atoms with Gasteiger partial charge in [-0.1, -0.05) is 0 Å². The Balaban J connectivity index is 1.59. The number of aryl methyl sites for hydroxylation is 2. The fourth-order valence-corrected chi connectivity index (χ4v) is 2.80. The second-order valence-electron chi connectivity index (χ2n) is 6.36. The zero-order chi connectivity index (χ0) is 20.4. The second kappa shape index (κ2) is 7.68. The zero-order valence-electron chi connectivity index (χ0n) is 16.2. The third kappa shape index (κ3) is 3.92. The number of hydrogen-bond donors (Lipinski definition) is 1. The minimum Gasteiger partial charge on any atom is -0.455 e. The molecular formula is C19H19N7O3. The molecule has 4 aromatic heterocycles. The number of hydrogen-bond acceptors (Lipinski definition) is 7. The van der Waals surface area contributed by atoms with Crippen molar-refractivity contribution in [3.8, 4) is 28.6 Å². The van der Waals surface area contributed by atoms with Gasteiger partial charge >= 0.3 is 5.69 Å². The summed E-state index contributed by atoms with van der Waals surface area (Å²) in [6.45, 7) is 2.01. The van der Waals surface area contributed by atoms with Gasteiger partial charge in [0.25, 0.3) is 0 Å². The van der Waals surface area contributed by atoms with E-state index in [2.05, 4.69) is 25.1 Å². The molecule has 0 bridgehead atoms. The van der Waals surface area contributed by atoms with E-state index < -0.39 is 0 Å². The standard InChI is InChI=1S/C19H19N7O3/c1-12-16(4-5-18(22-12)26-19(27)23-17(24-26)11-28-3)29-14-6-7-20-15(8-14)13-9-21-25(2)10-13/h4-10H,11H2,1-3H3,(H,23,24,27). The van der Waals surface area contributed by atoms with Gasteiger partial charge in [-0.25, -0.2) is 9.78 Å². The van der Waals surface area contributed by atoms with E-state index in [0.717, 1.165) is 11.3 Å². The van der Waals surface area contributed by atoms with Crippen molar-refractivity contribution in [1.29, 1.82) is 0 Å². The lowest BCUT2D eigenvalue weighted by molar-refractivity contribution is 0.178. The maximum absolute atomic E-state index is 12.1. The molecule has 148 valence electrons. The molecule has 0 saturated carbocycles. The smallest absolute Gasteiger partial charge is 0.349 e. The SMILES string of the molecule is COCc1nn(-c2ccc(Oc3ccnc(-c4cnn(C)c4)c3)c(C)n2)c(=O)[nH]1. The van der Waals surface area contributed by atoms with Crippen LogP contribution in [0.15, 0.2) is 47.7 Å². The third-order valence-electron chi connectivity index (χ3n) is 4.14. The Morgan fingerprint density at radius 1 is 1.24 bits per heavy atom. The molecule has 0 aliphatic carbocycles. The van der Waals surface area contributed by atoms with E-state index in [4.69, 9.17) is 9.47 Å². The number of rotatable bonds is 6. The van der Waals surface area contributed by atoms with Crippen LogP contribution >= 0.6 is 0 Å². The number of pyridine rings is 2. The molecule has 4 aromatic rings. The predicted octanol–water partition coefficient (Wildman–Crippen LogP) is 2.00. The van der Waals surface area contributed by atoms with Crippen LogP contribution in [-0.4, -0.2) is 41.6 Å². The van der Waals surface area contributed by atoms with Gasteiger partial charge in [0.05, 0.1) is 17.6 Å². The Bertz CT molecular complexity index is 1210. The number of nitrogens with zero attached hydrogens (tertiary/aromatic N) is 6. The van der Waals surface area contributed by atoms with Gasteiger partial charge in [0, 0.05) is 38.2 Å². The molecule has 4 heterocycles. The van der Waals surface area contributed by atoms with Gasteiger partial charge in [0.1, 0.15) is 18.1 Å². The summed E-state index contributed by atoms with van der Waals surface area (Å²) in [6.07, 6.45) is 5.30. The van der Waals surface area contributed by atoms with Gasteiger partial charge < -0.3 is 9.47 Å². The third-order valence-corrected chi connectivity index (χ3v) is 4.14. The van der Waals surface area contributed by atoms with Crippen LogP contribution < -0.4 is 10.4 Å². The van der Waals surface area contributed by atoms with Crippen LogP contribution in [0.4, 0.5) is 0 Å². The topological polar surface area (TPSA) is 113 Å². The molecule has 4 rings (SSSR count). The molecular weight excluding hydrogens is 374 g/mol. The van der Waals surface area contributed by atoms with E-state index >= 15 is 0 Å². The Kier molecular flexibility index (Phi) is 4.92. The van der Waals surface area contributed by atoms with Crippen molar-refractivity contribution in [3.63, 3.8) is 0 Å². The van der Waals surface area contributed by atoms with Crippen molar-refractivity contribution >= 4 is 0 Å². The molecule has 0 unspecified atom stereocenters. The first-order valence-corrected chi connectivity index (χ1v) is 8.81. The van der Waals surface area contributed by atoms with Gasteiger partial charge in [0.15, 0.2) is 11.6 Å². The lowest BCUT2D eigenvalue weighted by atomic mass is 10.2. The van der Waals surface area contributed by atoms with Crippen LogP contribution in [0.5, 0.6) is 11.5 Å². The number of nitrogens with one attached hydrogen (secondary N) is 1. The van der Waals surface area contributed by atoms with Crippen LogP contribution in [0.3, 0.4) is 0 Å². The molecule has 0 spiro atoms. The van der Waals surface area contributed by atoms with Crippen LogP contribution in [0.1, 0.15) is 11.5 Å². The molecule has 0 atom stereocenters. The van der Waals surface area contributed by atoms with Crippen molar-refractivity contribution in [3.05, 3.63) is 64.9 Å². The average Bonchev–Trinajstić information content (AvgIpc) is 3.30. The molecule has 0 amide bonds. The van der Waals surface area contributed by atoms with Gasteiger partial charge in [-0.05, 0) is 25.1 Å². The molecule has 10 nitrogen and oxygen atoms in total. The van der Waals surface area contributed by atoms with E-state index in [1.54, 1.807) is 42.2 Å². The van der Waals surface area contributed by atoms with E-state index in [-0.39, 0.29) is 12.3 Å². The summed E-state index contributed by atoms with van der Waals surface area (Å²) in [7, 11) is 3.38. The van der Waals surface area contributed by atoms with E-state index in [1.807, 2.05) is 19.3 Å². The lowest BCUT2D eigenvalue weighted by Crippen LogP contribution is -2.17. The van der Waals surface area contributed by atoms with Crippen LogP contribution in [0.25, 0.3) is 17.1 Å². The Morgan fingerprint density at radius 2 is 2.10 bits per heavy atom. The monoisotopic (exact) mass is 393 g/mol. The van der Waals surface area contributed by atoms with E-state index in [9.17, 15) is 4.79 Å². The summed E-state index contributed by atoms with van der Waals surface area (Å²) in [5, 5.41) is 8.34. The number of H-pyrrole nitrogens is 1. The normalized spacial score (nSPS) is 11.0. The number of ether oxygens (including phenoxy) is 2. The first-order chi connectivity index (χ1) is 14.0. The largest absolute Gasteiger partial charge is 0.455 e. The summed E-state index contributed by atoms with van der Waals surface area (Å²) in [5.41, 5.74) is 1.89. The van der Waals surface area contributed by atoms with Crippen molar-refractivity contribution in [2.24, 2.45) is 7.05 Å². The minimum absolute atomic E-state index is 0.212. The average molecular weight is 393 g/mol. The predicted molar refractivity (Wildman–Crippen MR) is 104 cm³/mol. The zero-order valence-corrected chi connectivity index (χ0v) is 16.2. The Morgan fingerprint density at radius 3 is 2.83 bits per heavy atom. The molecule has 10 heteroatoms. The highest BCUT2D eigenvalue weighted by atomic mass is 16.5. The lowest BCUT2D eigenvalue weighted by Gasteiger charge is -2.10. The van der Waals surface area contributed by atoms with Gasteiger partial charge in [-0.15, -0.1) is 5.10 Å². The summed E-state index contributed by atoms with van der Waals surface area (Å²) in [5.74, 6) is 2.01. The molecule has 0 aromatic carbocycles. The van der Waals surface area contributed by atoms with Gasteiger partial charge in [-0.3, -0.25) is 14.6 Å². The Hall–Kier alpha value is -3.79. The summed E-state index contributed by atoms with van der Waals surface area (Å²) in [4.78, 5) is 23.5. The summed E-state index contributed by atoms with van der Waals surface area (Å²) < 4.78 is 13.9. The van der Waals surface area contributed by atoms with Crippen LogP contribution in [-0.2, 0) is 18.4 Å². The number of aromatic amines is 1. The van der Waals surface area contributed by atoms with Gasteiger partial charge in [0.2, 0.25) is 0 Å². The molecule has 0 fully saturated rings. The molecule has 0 aliphatic heterocycles. The second-order valence-corrected chi connectivity index (χ2v) is 6.36. The van der Waals surface area contributed by atoms with Crippen LogP contribution in [0.2, 0.25) is 0 Å². The number of aromatic nitrogens is 7. The highest BCUT2D eigenvalue weighted by molar-refractivity contribution is 5.58. The highest BCUT2D eigenvalue weighted by Gasteiger charge is 2.12. The Labute approximate surface area is 165 Å². The maximum atomic E-state index is 12.1. The van der Waals surface area contributed by atoms with E-state index in [0.29, 0.717) is 28.8 Å². The molecule has 0 radical (unpaired) electrons. The summed E-state index contributed by atoms with van der Waals surface area (Å²) >= 11 is 0. The fourth-order valence-electron chi connectivity index (χ4n) is 2.80. The van der Waals surface area contributed by atoms with Crippen molar-refractivity contribution in [2.45, 2.75) is 13.5 Å². The molecule has 0 saturated heterocycles. The van der Waals surface area contributed by atoms with Crippen molar-refractivity contribution < 1.29 is 9.47 Å². The minimum atomic E-state index is -0.382. The first-order valence-electron chi connectivity index (χ1n) is 8.81. The highest BCUT2D eigenvalue weighted by Crippen LogP contribution is 2.27. The molecule has 1 N–H and O–H groups in total. The van der Waals surface area contributed by atoms with Gasteiger partial charge in [-0.2, -0.15) is 9.78 Å². The van der Waals surface area contributed by atoms with Crippen molar-refractivity contribution in [1.82, 2.24) is 34.5 Å². The first kappa shape index (κ1) is 18.6. The number of methoxy groups -OCH3 is 1. The van der Waals surface area contributed by atoms with Crippen LogP contribution in [0, 0.1) is 6.92 Å². The van der Waals surface area contributed by atoms with Crippen molar-refractivity contribution in [2.75, 3.05) is 7.11 Å². The fraction of sp³-hybridized carbons (Fsp3) is 0.211. The quantitative estimate of drug-likeness (QED) is 0.533.